The summed E-state index contributed by atoms with van der Waals surface area (Å²) in [4.78, 5) is 0. The molecule has 0 bridgehead atoms. The fourth-order valence-corrected chi connectivity index (χ4v) is 2.38. The molecule has 1 unspecified atom stereocenters. The summed E-state index contributed by atoms with van der Waals surface area (Å²) < 4.78 is 5.47. The molecule has 0 amide bonds. The smallest absolute Gasteiger partial charge is 0.122 e. The van der Waals surface area contributed by atoms with E-state index in [1.807, 2.05) is 6.07 Å². The lowest BCUT2D eigenvalue weighted by Crippen LogP contribution is -2.25. The van der Waals surface area contributed by atoms with Gasteiger partial charge < -0.3 is 16.2 Å². The quantitative estimate of drug-likeness (QED) is 0.781. The van der Waals surface area contributed by atoms with Gasteiger partial charge in [0.05, 0.1) is 7.11 Å². The van der Waals surface area contributed by atoms with Gasteiger partial charge in [0.15, 0.2) is 0 Å². The molecule has 18 heavy (non-hydrogen) atoms. The van der Waals surface area contributed by atoms with Gasteiger partial charge in [0.1, 0.15) is 5.75 Å². The van der Waals surface area contributed by atoms with E-state index in [9.17, 15) is 0 Å². The summed E-state index contributed by atoms with van der Waals surface area (Å²) >= 11 is 0. The highest BCUT2D eigenvalue weighted by atomic mass is 16.5. The molecular weight excluding hydrogens is 224 g/mol. The zero-order chi connectivity index (χ0) is 13.5. The second-order valence-electron chi connectivity index (χ2n) is 4.92. The fraction of sp³-hybridized carbons (Fsp3) is 0.600. The van der Waals surface area contributed by atoms with Gasteiger partial charge in [-0.25, -0.2) is 0 Å². The highest BCUT2D eigenvalue weighted by molar-refractivity contribution is 5.39. The molecule has 0 heterocycles. The predicted octanol–water partition coefficient (Wildman–Crippen LogP) is 2.42. The molecular formula is C15H26N2O. The van der Waals surface area contributed by atoms with E-state index in [-0.39, 0.29) is 0 Å². The molecule has 0 radical (unpaired) electrons. The van der Waals surface area contributed by atoms with Gasteiger partial charge in [0, 0.05) is 0 Å². The minimum absolute atomic E-state index is 0.389. The van der Waals surface area contributed by atoms with Crippen LogP contribution in [0, 0.1) is 12.8 Å². The summed E-state index contributed by atoms with van der Waals surface area (Å²) in [6, 6.07) is 6.35. The minimum atomic E-state index is 0.389. The normalized spacial score (nSPS) is 12.8. The predicted molar refractivity (Wildman–Crippen MR) is 77.0 cm³/mol. The van der Waals surface area contributed by atoms with E-state index in [1.54, 1.807) is 7.11 Å². The molecule has 3 heteroatoms. The number of methoxy groups -OCH3 is 1. The first kappa shape index (κ1) is 15.0. The molecule has 1 aromatic rings. The number of ether oxygens (including phenoxy) is 1. The molecule has 4 N–H and O–H groups in total. The van der Waals surface area contributed by atoms with Crippen molar-refractivity contribution < 1.29 is 4.74 Å². The fourth-order valence-electron chi connectivity index (χ4n) is 2.38. The minimum Gasteiger partial charge on any atom is -0.496 e. The van der Waals surface area contributed by atoms with Gasteiger partial charge in [-0.15, -0.1) is 0 Å². The first-order valence-electron chi connectivity index (χ1n) is 6.70. The molecule has 0 aliphatic heterocycles. The van der Waals surface area contributed by atoms with Crippen LogP contribution in [0.5, 0.6) is 5.75 Å². The van der Waals surface area contributed by atoms with Gasteiger partial charge in [0.25, 0.3) is 0 Å². The number of aryl methyl sites for hydroxylation is 1. The van der Waals surface area contributed by atoms with Gasteiger partial charge >= 0.3 is 0 Å². The van der Waals surface area contributed by atoms with Crippen molar-refractivity contribution in [3.8, 4) is 5.75 Å². The summed E-state index contributed by atoms with van der Waals surface area (Å²) in [6.07, 6.45) is 2.11. The third-order valence-electron chi connectivity index (χ3n) is 3.60. The highest BCUT2D eigenvalue weighted by Crippen LogP contribution is 2.34. The van der Waals surface area contributed by atoms with E-state index in [4.69, 9.17) is 16.2 Å². The molecule has 1 aromatic carbocycles. The van der Waals surface area contributed by atoms with Crippen LogP contribution in [0.1, 0.15) is 36.8 Å². The Kier molecular flexibility index (Phi) is 6.16. The van der Waals surface area contributed by atoms with E-state index in [1.165, 1.54) is 11.1 Å². The molecule has 0 aliphatic carbocycles. The molecule has 0 saturated heterocycles. The van der Waals surface area contributed by atoms with Crippen LogP contribution in [0.15, 0.2) is 18.2 Å². The summed E-state index contributed by atoms with van der Waals surface area (Å²) in [5.41, 5.74) is 14.1. The van der Waals surface area contributed by atoms with Gasteiger partial charge in [-0.2, -0.15) is 0 Å². The van der Waals surface area contributed by atoms with Crippen molar-refractivity contribution in [2.24, 2.45) is 17.4 Å². The van der Waals surface area contributed by atoms with E-state index < -0.39 is 0 Å². The van der Waals surface area contributed by atoms with Crippen LogP contribution in [0.2, 0.25) is 0 Å². The molecule has 0 fully saturated rings. The molecule has 0 aliphatic rings. The number of hydrogen-bond acceptors (Lipinski definition) is 3. The highest BCUT2D eigenvalue weighted by Gasteiger charge is 2.18. The maximum atomic E-state index is 5.75. The Morgan fingerprint density at radius 1 is 1.22 bits per heavy atom. The van der Waals surface area contributed by atoms with Crippen molar-refractivity contribution >= 4 is 0 Å². The lowest BCUT2D eigenvalue weighted by molar-refractivity contribution is 0.390. The lowest BCUT2D eigenvalue weighted by atomic mass is 9.86. The summed E-state index contributed by atoms with van der Waals surface area (Å²) in [5.74, 6) is 1.83. The Bertz CT molecular complexity index is 362. The third-order valence-corrected chi connectivity index (χ3v) is 3.60. The van der Waals surface area contributed by atoms with Gasteiger partial charge in [-0.3, -0.25) is 0 Å². The average Bonchev–Trinajstić information content (AvgIpc) is 2.40. The monoisotopic (exact) mass is 250 g/mol. The Labute approximate surface area is 111 Å². The van der Waals surface area contributed by atoms with Crippen LogP contribution in [-0.2, 0) is 0 Å². The van der Waals surface area contributed by atoms with Crippen LogP contribution < -0.4 is 16.2 Å². The molecule has 0 aromatic heterocycles. The Balaban J connectivity index is 2.96. The molecule has 0 saturated carbocycles. The summed E-state index contributed by atoms with van der Waals surface area (Å²) in [5, 5.41) is 0. The van der Waals surface area contributed by atoms with Crippen molar-refractivity contribution in [3.05, 3.63) is 29.3 Å². The Morgan fingerprint density at radius 3 is 2.39 bits per heavy atom. The maximum absolute atomic E-state index is 5.75. The Morgan fingerprint density at radius 2 is 1.89 bits per heavy atom. The zero-order valence-electron chi connectivity index (χ0n) is 11.8. The lowest BCUT2D eigenvalue weighted by Gasteiger charge is -2.23. The van der Waals surface area contributed by atoms with Gasteiger partial charge in [0.2, 0.25) is 0 Å². The van der Waals surface area contributed by atoms with Crippen LogP contribution >= 0.6 is 0 Å². The van der Waals surface area contributed by atoms with Crippen molar-refractivity contribution in [1.29, 1.82) is 0 Å². The molecule has 1 atom stereocenters. The number of rotatable bonds is 7. The Hall–Kier alpha value is -1.06. The number of hydrogen-bond donors (Lipinski definition) is 2. The van der Waals surface area contributed by atoms with E-state index >= 15 is 0 Å². The van der Waals surface area contributed by atoms with Crippen molar-refractivity contribution in [3.63, 3.8) is 0 Å². The maximum Gasteiger partial charge on any atom is 0.122 e. The number of nitrogens with two attached hydrogens (primary N) is 2. The standard InChI is InChI=1S/C15H26N2O/c1-4-13(8-12(9-16)10-17)14-7-11(2)5-6-15(14)18-3/h5-7,12-13H,4,8-10,16-17H2,1-3H3. The first-order chi connectivity index (χ1) is 8.65. The number of benzene rings is 1. The summed E-state index contributed by atoms with van der Waals surface area (Å²) in [6.45, 7) is 5.62. The van der Waals surface area contributed by atoms with Crippen LogP contribution in [0.25, 0.3) is 0 Å². The van der Waals surface area contributed by atoms with Crippen molar-refractivity contribution in [2.45, 2.75) is 32.6 Å². The van der Waals surface area contributed by atoms with Gasteiger partial charge in [-0.05, 0) is 56.3 Å². The van der Waals surface area contributed by atoms with E-state index in [0.29, 0.717) is 24.9 Å². The largest absolute Gasteiger partial charge is 0.496 e. The second-order valence-corrected chi connectivity index (χ2v) is 4.92. The molecule has 0 spiro atoms. The van der Waals surface area contributed by atoms with Crippen LogP contribution in [0.3, 0.4) is 0 Å². The molecule has 1 rings (SSSR count). The SMILES string of the molecule is CCC(CC(CN)CN)c1cc(C)ccc1OC. The van der Waals surface area contributed by atoms with Crippen LogP contribution in [-0.4, -0.2) is 20.2 Å². The first-order valence-corrected chi connectivity index (χ1v) is 6.70. The van der Waals surface area contributed by atoms with Gasteiger partial charge in [-0.1, -0.05) is 24.6 Å². The molecule has 3 nitrogen and oxygen atoms in total. The summed E-state index contributed by atoms with van der Waals surface area (Å²) in [7, 11) is 1.73. The van der Waals surface area contributed by atoms with Crippen molar-refractivity contribution in [1.82, 2.24) is 0 Å². The second kappa shape index (κ2) is 7.39. The van der Waals surface area contributed by atoms with E-state index in [2.05, 4.69) is 26.0 Å². The molecule has 102 valence electrons. The average molecular weight is 250 g/mol. The van der Waals surface area contributed by atoms with E-state index in [0.717, 1.165) is 18.6 Å². The third kappa shape index (κ3) is 3.72. The zero-order valence-corrected chi connectivity index (χ0v) is 11.8. The topological polar surface area (TPSA) is 61.3 Å². The van der Waals surface area contributed by atoms with Crippen LogP contribution in [0.4, 0.5) is 0 Å². The van der Waals surface area contributed by atoms with Crippen molar-refractivity contribution in [2.75, 3.05) is 20.2 Å².